The normalized spacial score (nSPS) is 11.1. The van der Waals surface area contributed by atoms with Crippen LogP contribution in [0.3, 0.4) is 0 Å². The van der Waals surface area contributed by atoms with E-state index in [0.717, 1.165) is 77.9 Å². The van der Waals surface area contributed by atoms with E-state index in [-0.39, 0.29) is 11.4 Å². The van der Waals surface area contributed by atoms with Gasteiger partial charge in [-0.05, 0) is 149 Å². The third kappa shape index (κ3) is 19.7. The van der Waals surface area contributed by atoms with Gasteiger partial charge in [0, 0.05) is 16.7 Å². The lowest BCUT2D eigenvalue weighted by molar-refractivity contribution is 0.0593. The van der Waals surface area contributed by atoms with Crippen molar-refractivity contribution in [2.45, 2.75) is 53.9 Å². The molecular weight excluding hydrogens is 1700 g/mol. The average molecular weight is 1780 g/mol. The number of nitrogens with one attached hydrogen (secondary N) is 2. The van der Waals surface area contributed by atoms with Crippen molar-refractivity contribution in [3.63, 3.8) is 0 Å². The number of amidine groups is 1. The number of benzene rings is 12. The van der Waals surface area contributed by atoms with Crippen LogP contribution in [0.25, 0.3) is 111 Å². The molecule has 12 aromatic carbocycles. The minimum atomic E-state index is -1.02. The summed E-state index contributed by atoms with van der Waals surface area (Å²) in [6.07, 6.45) is 0. The second-order valence-electron chi connectivity index (χ2n) is 29.6. The average Bonchev–Trinajstić information content (AvgIpc) is 1.64. The van der Waals surface area contributed by atoms with E-state index < -0.39 is 35.4 Å². The molecule has 0 saturated heterocycles. The number of para-hydroxylation sites is 4. The van der Waals surface area contributed by atoms with E-state index >= 15 is 0 Å². The fourth-order valence-corrected chi connectivity index (χ4v) is 15.5. The number of hydrogen-bond acceptors (Lipinski definition) is 24. The van der Waals surface area contributed by atoms with Crippen molar-refractivity contribution < 1.29 is 71.7 Å². The van der Waals surface area contributed by atoms with Crippen molar-refractivity contribution in [1.82, 2.24) is 58.5 Å². The van der Waals surface area contributed by atoms with Crippen LogP contribution in [0.5, 0.6) is 24.0 Å². The van der Waals surface area contributed by atoms with Gasteiger partial charge in [0.1, 0.15) is 0 Å². The number of oxime groups is 1. The Morgan fingerprint density at radius 2 is 0.654 bits per heavy atom. The molecular formula is C101H87N15O17. The van der Waals surface area contributed by atoms with Gasteiger partial charge in [0.2, 0.25) is 0 Å². The summed E-state index contributed by atoms with van der Waals surface area (Å²) in [6, 6.07) is 86.9. The number of ether oxygens (including phenoxy) is 7. The lowest BCUT2D eigenvalue weighted by Crippen LogP contribution is -2.14. The van der Waals surface area contributed by atoms with Crippen molar-refractivity contribution in [2.24, 2.45) is 10.9 Å². The second kappa shape index (κ2) is 41.3. The molecule has 0 saturated carbocycles. The second-order valence-corrected chi connectivity index (χ2v) is 29.6. The Bertz CT molecular complexity index is 7480. The monoisotopic (exact) mass is 1780 g/mol. The van der Waals surface area contributed by atoms with E-state index in [4.69, 9.17) is 44.1 Å². The summed E-state index contributed by atoms with van der Waals surface area (Å²) in [5.74, 6) is -2.74. The first-order valence-corrected chi connectivity index (χ1v) is 42.1. The number of H-pyrrole nitrogens is 2. The smallest absolute Gasteiger partial charge is 0.439 e. The predicted molar refractivity (Wildman–Crippen MR) is 498 cm³/mol. The number of aromatic carboxylic acids is 1. The number of nitrogens with two attached hydrogens (primary N) is 1. The number of carboxylic acid groups (broad SMARTS) is 1. The SMILES string of the molecule is CCOc1nc2cccc(C(=O)O)c2n1Cc1ccc(-c2ccccc2-c2noc(=O)[nH]2)cc1.CCOc1nc2cccc(C(=O)OC)c2n1Cc1ccc(-c2ccccc2-c2noc(=O)[nH]2)cc1.CCOc1nc2cccc(C(=O)OC)c2n1Cc1ccc(-c2ccccc2/C(N)=N\O)cc1.CCOc1nc2cccc(C(=O)OC)c2n1Cc1ccc(-c2ccccc2C#N)cc1. The third-order valence-corrected chi connectivity index (χ3v) is 21.5. The first-order chi connectivity index (χ1) is 64.9. The van der Waals surface area contributed by atoms with E-state index in [1.165, 1.54) is 21.3 Å². The van der Waals surface area contributed by atoms with E-state index in [0.29, 0.717) is 160 Å². The summed E-state index contributed by atoms with van der Waals surface area (Å²) in [4.78, 5) is 95.1. The van der Waals surface area contributed by atoms with Crippen molar-refractivity contribution in [1.29, 1.82) is 5.26 Å². The lowest BCUT2D eigenvalue weighted by atomic mass is 9.98. The van der Waals surface area contributed by atoms with Crippen LogP contribution in [0.4, 0.5) is 0 Å². The van der Waals surface area contributed by atoms with Gasteiger partial charge in [-0.3, -0.25) is 37.3 Å². The Morgan fingerprint density at radius 1 is 0.376 bits per heavy atom. The molecule has 0 bridgehead atoms. The standard InChI is InChI=1S/C26H22N4O5.C25H20N4O5.C25H24N4O4.C25H21N3O3/c1-3-34-25-27-21-10-6-9-20(24(31)33-2)22(21)30(25)15-16-11-13-17(14-12-16)18-7-4-5-8-19(18)23-28-26(32)35-29-23;1-2-33-24-26-20-9-5-8-19(23(30)31)21(20)29(24)14-15-10-12-16(13-11-15)17-6-3-4-7-18(17)22-27-25(32)34-28-22;1-3-33-25-27-21-10-6-9-20(24(30)32-2)22(21)29(25)15-16-11-13-17(14-12-16)18-7-4-5-8-19(18)23(26)28-31;1-3-31-25-27-22-10-6-9-21(24(29)30-2)23(22)28(25)16-17-11-13-18(14-12-17)20-8-5-4-7-19(20)15-26/h4-14H,3,15H2,1-2H3,(H,28,29,32);3-13H,2,14H2,1H3,(H,30,31)(H,27,28,32);4-14,31H,3,15H2,1-2H3,(H2,26,28);4-14H,3,16H2,1-2H3. The minimum Gasteiger partial charge on any atom is -0.478 e. The molecule has 6 heterocycles. The van der Waals surface area contributed by atoms with Gasteiger partial charge < -0.3 is 49.2 Å². The number of aromatic amines is 2. The van der Waals surface area contributed by atoms with E-state index in [2.05, 4.69) is 60.5 Å². The van der Waals surface area contributed by atoms with Crippen LogP contribution in [0.1, 0.15) is 103 Å². The van der Waals surface area contributed by atoms with Crippen molar-refractivity contribution >= 4 is 73.8 Å². The number of imidazole rings is 4. The Balaban J connectivity index is 0.000000136. The molecule has 0 unspecified atom stereocenters. The van der Waals surface area contributed by atoms with Crippen LogP contribution >= 0.6 is 0 Å². The zero-order chi connectivity index (χ0) is 93.2. The zero-order valence-electron chi connectivity index (χ0n) is 73.0. The number of carbonyl (C=O) groups excluding carboxylic acids is 3. The van der Waals surface area contributed by atoms with Gasteiger partial charge in [0.15, 0.2) is 17.5 Å². The number of methoxy groups -OCH3 is 3. The van der Waals surface area contributed by atoms with Crippen molar-refractivity contribution in [2.75, 3.05) is 47.8 Å². The highest BCUT2D eigenvalue weighted by molar-refractivity contribution is 6.06. The highest BCUT2D eigenvalue weighted by Crippen LogP contribution is 2.37. The molecule has 32 nitrogen and oxygen atoms in total. The Labute approximate surface area is 758 Å². The molecule has 32 heteroatoms. The first kappa shape index (κ1) is 90.0. The van der Waals surface area contributed by atoms with Crippen LogP contribution in [0.2, 0.25) is 0 Å². The maximum atomic E-state index is 12.4. The molecule has 0 amide bonds. The molecule has 6 aromatic heterocycles. The number of fused-ring (bicyclic) bond motifs is 4. The number of hydrogen-bond donors (Lipinski definition) is 5. The Hall–Kier alpha value is -17.8. The Morgan fingerprint density at radius 3 is 0.955 bits per heavy atom. The van der Waals surface area contributed by atoms with Gasteiger partial charge in [-0.25, -0.2) is 28.8 Å². The molecule has 0 fully saturated rings. The van der Waals surface area contributed by atoms with Crippen LogP contribution in [-0.4, -0.2) is 146 Å². The van der Waals surface area contributed by atoms with Crippen LogP contribution < -0.4 is 36.2 Å². The van der Waals surface area contributed by atoms with E-state index in [9.17, 15) is 39.1 Å². The number of rotatable bonds is 27. The molecule has 0 atom stereocenters. The highest BCUT2D eigenvalue weighted by Gasteiger charge is 2.26. The molecule has 0 aliphatic rings. The van der Waals surface area contributed by atoms with E-state index in [1.807, 2.05) is 248 Å². The molecule has 0 radical (unpaired) electrons. The van der Waals surface area contributed by atoms with Gasteiger partial charge in [-0.2, -0.15) is 25.2 Å². The number of esters is 3. The maximum Gasteiger partial charge on any atom is 0.439 e. The number of nitriles is 1. The van der Waals surface area contributed by atoms with Gasteiger partial charge in [-0.15, -0.1) is 0 Å². The third-order valence-electron chi connectivity index (χ3n) is 21.5. The minimum absolute atomic E-state index is 0.0521. The molecule has 0 spiro atoms. The Kier molecular flexibility index (Phi) is 28.0. The maximum absolute atomic E-state index is 12.4. The fraction of sp³-hybridized carbons (Fsp3) is 0.149. The largest absolute Gasteiger partial charge is 0.478 e. The van der Waals surface area contributed by atoms with Gasteiger partial charge >= 0.3 is 35.4 Å². The van der Waals surface area contributed by atoms with Gasteiger partial charge in [0.05, 0.1) is 152 Å². The fourth-order valence-electron chi connectivity index (χ4n) is 15.5. The first-order valence-electron chi connectivity index (χ1n) is 42.1. The molecule has 0 aliphatic heterocycles. The van der Waals surface area contributed by atoms with Crippen LogP contribution in [0.15, 0.2) is 291 Å². The molecule has 18 rings (SSSR count). The predicted octanol–water partition coefficient (Wildman–Crippen LogP) is 17.3. The zero-order valence-corrected chi connectivity index (χ0v) is 73.0. The molecule has 6 N–H and O–H groups in total. The van der Waals surface area contributed by atoms with Gasteiger partial charge in [0.25, 0.3) is 24.0 Å². The summed E-state index contributed by atoms with van der Waals surface area (Å²) in [5.41, 5.74) is 26.4. The summed E-state index contributed by atoms with van der Waals surface area (Å²) in [6.45, 7) is 11.0. The number of nitrogens with zero attached hydrogens (tertiary/aromatic N) is 12. The summed E-state index contributed by atoms with van der Waals surface area (Å²) >= 11 is 0. The number of carboxylic acids is 1. The lowest BCUT2D eigenvalue weighted by Gasteiger charge is -2.12. The summed E-state index contributed by atoms with van der Waals surface area (Å²) < 4.78 is 54.7. The topological polar surface area (TPSA) is 425 Å². The number of carbonyl (C=O) groups is 4. The van der Waals surface area contributed by atoms with Crippen molar-refractivity contribution in [3.05, 3.63) is 344 Å². The molecule has 133 heavy (non-hydrogen) atoms. The molecule has 18 aromatic rings. The summed E-state index contributed by atoms with van der Waals surface area (Å²) in [5, 5.41) is 38.9. The molecule has 668 valence electrons. The number of aromatic nitrogens is 12. The van der Waals surface area contributed by atoms with E-state index in [1.54, 1.807) is 65.2 Å². The van der Waals surface area contributed by atoms with Crippen molar-refractivity contribution in [3.8, 4) is 97.4 Å². The quantitative estimate of drug-likeness (QED) is 0.00797. The van der Waals surface area contributed by atoms with Gasteiger partial charge in [-0.1, -0.05) is 228 Å². The molecule has 0 aliphatic carbocycles. The highest BCUT2D eigenvalue weighted by atomic mass is 16.5. The van der Waals surface area contributed by atoms with Crippen LogP contribution in [0, 0.1) is 11.3 Å². The van der Waals surface area contributed by atoms with Crippen LogP contribution in [-0.2, 0) is 40.4 Å². The summed E-state index contributed by atoms with van der Waals surface area (Å²) in [7, 11) is 4.08.